The molecule has 5 heteroatoms. The molecule has 5 nitrogen and oxygen atoms in total. The summed E-state index contributed by atoms with van der Waals surface area (Å²) < 4.78 is 4.66. The molecule has 1 aromatic rings. The van der Waals surface area contributed by atoms with Gasteiger partial charge < -0.3 is 15.0 Å². The van der Waals surface area contributed by atoms with Gasteiger partial charge in [0.1, 0.15) is 0 Å². The number of nitrogens with zero attached hydrogens (tertiary/aromatic N) is 1. The predicted molar refractivity (Wildman–Crippen MR) is 98.7 cm³/mol. The van der Waals surface area contributed by atoms with Crippen molar-refractivity contribution in [1.82, 2.24) is 10.2 Å². The SMILES string of the molecule is COC(=O)N[C@]1(C)C[C@H](C(=O)N2CC3(CC[C@@H](c4ccccc4)C3)C2)C1. The van der Waals surface area contributed by atoms with Gasteiger partial charge in [0.2, 0.25) is 5.91 Å². The summed E-state index contributed by atoms with van der Waals surface area (Å²) in [6.45, 7) is 3.80. The summed E-state index contributed by atoms with van der Waals surface area (Å²) in [4.78, 5) is 26.1. The Labute approximate surface area is 155 Å². The molecule has 2 amide bonds. The Morgan fingerprint density at radius 3 is 2.50 bits per heavy atom. The third-order valence-corrected chi connectivity index (χ3v) is 6.67. The van der Waals surface area contributed by atoms with Gasteiger partial charge in [-0.1, -0.05) is 30.3 Å². The van der Waals surface area contributed by atoms with Gasteiger partial charge in [0, 0.05) is 30.0 Å². The maximum absolute atomic E-state index is 12.7. The van der Waals surface area contributed by atoms with Crippen LogP contribution in [0.15, 0.2) is 30.3 Å². The van der Waals surface area contributed by atoms with Gasteiger partial charge in [-0.05, 0) is 50.5 Å². The number of nitrogens with one attached hydrogen (secondary N) is 1. The standard InChI is InChI=1S/C21H28N2O3/c1-20(22-19(25)26-2)10-17(11-20)18(24)23-13-21(14-23)9-8-16(12-21)15-6-4-3-5-7-15/h3-7,16-17H,8-14H2,1-2H3,(H,22,25)/t16-,17-,20+/m1/s1. The Bertz CT molecular complexity index is 690. The molecule has 140 valence electrons. The Hall–Kier alpha value is -2.04. The van der Waals surface area contributed by atoms with Crippen LogP contribution in [0, 0.1) is 11.3 Å². The van der Waals surface area contributed by atoms with E-state index in [-0.39, 0.29) is 17.4 Å². The second-order valence-electron chi connectivity index (χ2n) is 8.83. The van der Waals surface area contributed by atoms with E-state index in [1.165, 1.54) is 31.9 Å². The number of carbonyl (C=O) groups excluding carboxylic acids is 2. The molecule has 1 spiro atoms. The summed E-state index contributed by atoms with van der Waals surface area (Å²) in [5.41, 5.74) is 1.48. The molecule has 3 fully saturated rings. The highest BCUT2D eigenvalue weighted by molar-refractivity contribution is 5.81. The molecule has 0 bridgehead atoms. The summed E-state index contributed by atoms with van der Waals surface area (Å²) in [6.07, 6.45) is 4.65. The molecular formula is C21H28N2O3. The number of rotatable bonds is 3. The van der Waals surface area contributed by atoms with Gasteiger partial charge in [-0.2, -0.15) is 0 Å². The van der Waals surface area contributed by atoms with Crippen LogP contribution in [0.3, 0.4) is 0 Å². The molecule has 1 N–H and O–H groups in total. The minimum Gasteiger partial charge on any atom is -0.453 e. The first-order valence-electron chi connectivity index (χ1n) is 9.62. The van der Waals surface area contributed by atoms with Crippen LogP contribution < -0.4 is 5.32 Å². The first-order chi connectivity index (χ1) is 12.4. The lowest BCUT2D eigenvalue weighted by Crippen LogP contribution is -2.63. The van der Waals surface area contributed by atoms with Crippen LogP contribution in [-0.4, -0.2) is 42.6 Å². The van der Waals surface area contributed by atoms with E-state index in [0.717, 1.165) is 13.1 Å². The topological polar surface area (TPSA) is 58.6 Å². The maximum Gasteiger partial charge on any atom is 0.407 e. The van der Waals surface area contributed by atoms with Crippen molar-refractivity contribution >= 4 is 12.0 Å². The Morgan fingerprint density at radius 1 is 1.15 bits per heavy atom. The smallest absolute Gasteiger partial charge is 0.407 e. The first-order valence-corrected chi connectivity index (χ1v) is 9.62. The lowest BCUT2D eigenvalue weighted by atomic mass is 9.67. The normalized spacial score (nSPS) is 31.8. The fraction of sp³-hybridized carbons (Fsp3) is 0.619. The predicted octanol–water partition coefficient (Wildman–Crippen LogP) is 3.31. The number of ether oxygens (including phenoxy) is 1. The van der Waals surface area contributed by atoms with E-state index in [1.54, 1.807) is 0 Å². The maximum atomic E-state index is 12.7. The fourth-order valence-electron chi connectivity index (χ4n) is 5.28. The highest BCUT2D eigenvalue weighted by Crippen LogP contribution is 2.52. The lowest BCUT2D eigenvalue weighted by molar-refractivity contribution is -0.153. The van der Waals surface area contributed by atoms with E-state index in [4.69, 9.17) is 0 Å². The number of likely N-dealkylation sites (tertiary alicyclic amines) is 1. The van der Waals surface area contributed by atoms with Gasteiger partial charge in [-0.25, -0.2) is 4.79 Å². The summed E-state index contributed by atoms with van der Waals surface area (Å²) in [7, 11) is 1.36. The molecule has 0 radical (unpaired) electrons. The number of methoxy groups -OCH3 is 1. The summed E-state index contributed by atoms with van der Waals surface area (Å²) >= 11 is 0. The van der Waals surface area contributed by atoms with Crippen molar-refractivity contribution in [3.05, 3.63) is 35.9 Å². The van der Waals surface area contributed by atoms with E-state index in [0.29, 0.717) is 24.2 Å². The molecule has 1 heterocycles. The van der Waals surface area contributed by atoms with Crippen LogP contribution in [0.25, 0.3) is 0 Å². The second-order valence-corrected chi connectivity index (χ2v) is 8.83. The summed E-state index contributed by atoms with van der Waals surface area (Å²) in [5.74, 6) is 0.952. The molecule has 26 heavy (non-hydrogen) atoms. The van der Waals surface area contributed by atoms with Crippen LogP contribution in [0.5, 0.6) is 0 Å². The zero-order valence-corrected chi connectivity index (χ0v) is 15.7. The lowest BCUT2D eigenvalue weighted by Gasteiger charge is -2.53. The minimum atomic E-state index is -0.417. The Balaban J connectivity index is 1.27. The molecular weight excluding hydrogens is 328 g/mol. The fourth-order valence-corrected chi connectivity index (χ4v) is 5.28. The Morgan fingerprint density at radius 2 is 1.85 bits per heavy atom. The second kappa shape index (κ2) is 6.29. The number of hydrogen-bond donors (Lipinski definition) is 1. The van der Waals surface area contributed by atoms with E-state index in [1.807, 2.05) is 11.8 Å². The highest BCUT2D eigenvalue weighted by atomic mass is 16.5. The average Bonchev–Trinajstić information content (AvgIpc) is 3.04. The van der Waals surface area contributed by atoms with Crippen molar-refractivity contribution in [3.63, 3.8) is 0 Å². The summed E-state index contributed by atoms with van der Waals surface area (Å²) in [6, 6.07) is 10.8. The van der Waals surface area contributed by atoms with Crippen molar-refractivity contribution in [3.8, 4) is 0 Å². The molecule has 1 atom stereocenters. The van der Waals surface area contributed by atoms with Gasteiger partial charge >= 0.3 is 6.09 Å². The number of carbonyl (C=O) groups is 2. The van der Waals surface area contributed by atoms with Gasteiger partial charge in [-0.3, -0.25) is 4.79 Å². The van der Waals surface area contributed by atoms with Crippen LogP contribution in [0.4, 0.5) is 4.79 Å². The van der Waals surface area contributed by atoms with Crippen LogP contribution in [0.1, 0.15) is 50.5 Å². The molecule has 4 rings (SSSR count). The number of alkyl carbamates (subject to hydrolysis) is 1. The van der Waals surface area contributed by atoms with Crippen molar-refractivity contribution in [2.45, 2.75) is 50.5 Å². The van der Waals surface area contributed by atoms with Gasteiger partial charge in [-0.15, -0.1) is 0 Å². The number of amides is 2. The third kappa shape index (κ3) is 3.08. The first kappa shape index (κ1) is 17.4. The Kier molecular flexibility index (Phi) is 4.20. The van der Waals surface area contributed by atoms with E-state index < -0.39 is 6.09 Å². The summed E-state index contributed by atoms with van der Waals surface area (Å²) in [5, 5.41) is 2.84. The molecule has 2 aliphatic carbocycles. The number of benzene rings is 1. The zero-order chi connectivity index (χ0) is 18.4. The monoisotopic (exact) mass is 356 g/mol. The molecule has 1 aromatic carbocycles. The quantitative estimate of drug-likeness (QED) is 0.904. The molecule has 0 unspecified atom stereocenters. The third-order valence-electron chi connectivity index (χ3n) is 6.67. The zero-order valence-electron chi connectivity index (χ0n) is 15.7. The molecule has 0 aromatic heterocycles. The van der Waals surface area contributed by atoms with E-state index >= 15 is 0 Å². The van der Waals surface area contributed by atoms with Crippen LogP contribution >= 0.6 is 0 Å². The average molecular weight is 356 g/mol. The van der Waals surface area contributed by atoms with Crippen molar-refractivity contribution in [2.24, 2.45) is 11.3 Å². The molecule has 3 aliphatic rings. The molecule has 2 saturated carbocycles. The van der Waals surface area contributed by atoms with Crippen molar-refractivity contribution in [2.75, 3.05) is 20.2 Å². The van der Waals surface area contributed by atoms with Gasteiger partial charge in [0.15, 0.2) is 0 Å². The van der Waals surface area contributed by atoms with Crippen molar-refractivity contribution < 1.29 is 14.3 Å². The van der Waals surface area contributed by atoms with Gasteiger partial charge in [0.05, 0.1) is 7.11 Å². The van der Waals surface area contributed by atoms with Crippen LogP contribution in [-0.2, 0) is 9.53 Å². The highest BCUT2D eigenvalue weighted by Gasteiger charge is 2.53. The largest absolute Gasteiger partial charge is 0.453 e. The van der Waals surface area contributed by atoms with E-state index in [9.17, 15) is 9.59 Å². The minimum absolute atomic E-state index is 0.0424. The van der Waals surface area contributed by atoms with Gasteiger partial charge in [0.25, 0.3) is 0 Å². The van der Waals surface area contributed by atoms with Crippen LogP contribution in [0.2, 0.25) is 0 Å². The van der Waals surface area contributed by atoms with Crippen molar-refractivity contribution in [1.29, 1.82) is 0 Å². The molecule has 1 aliphatic heterocycles. The number of hydrogen-bond acceptors (Lipinski definition) is 3. The molecule has 1 saturated heterocycles. The van der Waals surface area contributed by atoms with E-state index in [2.05, 4.69) is 40.4 Å².